The van der Waals surface area contributed by atoms with Crippen LogP contribution in [0.2, 0.25) is 0 Å². The number of nitrogens with one attached hydrogen (secondary N) is 2. The molecule has 29 heavy (non-hydrogen) atoms. The molecule has 2 heterocycles. The van der Waals surface area contributed by atoms with Crippen molar-refractivity contribution < 1.29 is 18.0 Å². The molecule has 0 radical (unpaired) electrons. The van der Waals surface area contributed by atoms with Crippen LogP contribution in [0.15, 0.2) is 59.7 Å². The van der Waals surface area contributed by atoms with Gasteiger partial charge in [-0.1, -0.05) is 30.3 Å². The summed E-state index contributed by atoms with van der Waals surface area (Å²) >= 11 is 0. The minimum absolute atomic E-state index is 0.0494. The highest BCUT2D eigenvalue weighted by atomic mass is 19.4. The lowest BCUT2D eigenvalue weighted by atomic mass is 10.1. The van der Waals surface area contributed by atoms with Gasteiger partial charge in [0.05, 0.1) is 11.9 Å². The van der Waals surface area contributed by atoms with Crippen LogP contribution >= 0.6 is 0 Å². The van der Waals surface area contributed by atoms with Crippen LogP contribution in [0, 0.1) is 0 Å². The molecule has 4 aromatic rings. The highest BCUT2D eigenvalue weighted by Crippen LogP contribution is 2.29. The number of hydrogen-bond donors (Lipinski definition) is 2. The molecule has 0 aliphatic rings. The molecular weight excluding hydrogens is 385 g/mol. The number of para-hydroxylation sites is 1. The molecule has 0 atom stereocenters. The number of benzene rings is 2. The molecule has 0 aliphatic carbocycles. The SMILES string of the molecule is O=C(Cn1cnc2c([nH]c3ccccc32)c1=O)NCc1ccc(C(F)(F)F)cc1. The summed E-state index contributed by atoms with van der Waals surface area (Å²) < 4.78 is 38.9. The van der Waals surface area contributed by atoms with Gasteiger partial charge in [-0.3, -0.25) is 14.2 Å². The zero-order valence-corrected chi connectivity index (χ0v) is 15.0. The second-order valence-electron chi connectivity index (χ2n) is 6.54. The number of fused-ring (bicyclic) bond motifs is 3. The fourth-order valence-corrected chi connectivity index (χ4v) is 3.07. The van der Waals surface area contributed by atoms with Crippen molar-refractivity contribution in [2.24, 2.45) is 0 Å². The average Bonchev–Trinajstić information content (AvgIpc) is 3.08. The van der Waals surface area contributed by atoms with Crippen molar-refractivity contribution in [3.63, 3.8) is 0 Å². The summed E-state index contributed by atoms with van der Waals surface area (Å²) in [5.74, 6) is -0.454. The second kappa shape index (κ2) is 7.08. The normalized spacial score (nSPS) is 11.8. The van der Waals surface area contributed by atoms with E-state index < -0.39 is 17.6 Å². The summed E-state index contributed by atoms with van der Waals surface area (Å²) in [5.41, 5.74) is 1.00. The molecule has 0 saturated heterocycles. The molecule has 148 valence electrons. The van der Waals surface area contributed by atoms with Gasteiger partial charge in [0.1, 0.15) is 17.6 Å². The second-order valence-corrected chi connectivity index (χ2v) is 6.54. The minimum atomic E-state index is -4.41. The van der Waals surface area contributed by atoms with Crippen LogP contribution in [0.4, 0.5) is 13.2 Å². The first-order valence-corrected chi connectivity index (χ1v) is 8.71. The van der Waals surface area contributed by atoms with Gasteiger partial charge in [0.25, 0.3) is 5.56 Å². The van der Waals surface area contributed by atoms with Crippen LogP contribution in [0.25, 0.3) is 21.9 Å². The maximum atomic E-state index is 12.6. The molecule has 0 spiro atoms. The van der Waals surface area contributed by atoms with Crippen molar-refractivity contribution in [2.45, 2.75) is 19.3 Å². The molecule has 9 heteroatoms. The third-order valence-corrected chi connectivity index (χ3v) is 4.56. The monoisotopic (exact) mass is 400 g/mol. The van der Waals surface area contributed by atoms with Gasteiger partial charge >= 0.3 is 6.18 Å². The van der Waals surface area contributed by atoms with Crippen LogP contribution in [-0.2, 0) is 24.1 Å². The molecule has 2 aromatic carbocycles. The molecule has 2 N–H and O–H groups in total. The lowest BCUT2D eigenvalue weighted by Gasteiger charge is -2.09. The van der Waals surface area contributed by atoms with E-state index >= 15 is 0 Å². The Morgan fingerprint density at radius 3 is 2.55 bits per heavy atom. The first-order valence-electron chi connectivity index (χ1n) is 8.71. The molecule has 6 nitrogen and oxygen atoms in total. The third kappa shape index (κ3) is 3.71. The van der Waals surface area contributed by atoms with Crippen molar-refractivity contribution in [1.82, 2.24) is 19.9 Å². The maximum Gasteiger partial charge on any atom is 0.416 e. The van der Waals surface area contributed by atoms with E-state index in [0.29, 0.717) is 16.6 Å². The van der Waals surface area contributed by atoms with Crippen LogP contribution in [0.5, 0.6) is 0 Å². The number of H-pyrrole nitrogens is 1. The van der Waals surface area contributed by atoms with Crippen molar-refractivity contribution >= 4 is 27.8 Å². The Hall–Kier alpha value is -3.62. The Morgan fingerprint density at radius 1 is 1.10 bits per heavy atom. The quantitative estimate of drug-likeness (QED) is 0.552. The number of aromatic amines is 1. The van der Waals surface area contributed by atoms with Gasteiger partial charge in [-0.15, -0.1) is 0 Å². The predicted octanol–water partition coefficient (Wildman–Crippen LogP) is 3.21. The van der Waals surface area contributed by atoms with Gasteiger partial charge in [0.15, 0.2) is 0 Å². The predicted molar refractivity (Wildman–Crippen MR) is 101 cm³/mol. The molecule has 0 unspecified atom stereocenters. The standard InChI is InChI=1S/C20H15F3N4O2/c21-20(22,23)13-7-5-12(6-8-13)9-24-16(28)10-27-11-25-17-14-3-1-2-4-15(14)26-18(17)19(27)29/h1-8,11,26H,9-10H2,(H,24,28). The molecule has 0 aliphatic heterocycles. The van der Waals surface area contributed by atoms with Gasteiger partial charge in [-0.05, 0) is 23.8 Å². The zero-order valence-electron chi connectivity index (χ0n) is 15.0. The summed E-state index contributed by atoms with van der Waals surface area (Å²) in [5, 5.41) is 3.41. The number of rotatable bonds is 4. The van der Waals surface area contributed by atoms with E-state index in [9.17, 15) is 22.8 Å². The van der Waals surface area contributed by atoms with Crippen molar-refractivity contribution in [1.29, 1.82) is 0 Å². The molecule has 0 fully saturated rings. The van der Waals surface area contributed by atoms with Crippen molar-refractivity contribution in [2.75, 3.05) is 0 Å². The number of alkyl halides is 3. The number of aromatic nitrogens is 3. The summed E-state index contributed by atoms with van der Waals surface area (Å²) in [7, 11) is 0. The first-order chi connectivity index (χ1) is 13.8. The van der Waals surface area contributed by atoms with Crippen molar-refractivity contribution in [3.05, 3.63) is 76.3 Å². The molecule has 0 saturated carbocycles. The number of carbonyl (C=O) groups is 1. The molecular formula is C20H15F3N4O2. The molecule has 0 bridgehead atoms. The highest BCUT2D eigenvalue weighted by molar-refractivity contribution is 6.04. The summed E-state index contributed by atoms with van der Waals surface area (Å²) in [6.45, 7) is -0.203. The van der Waals surface area contributed by atoms with E-state index in [1.165, 1.54) is 23.0 Å². The Kier molecular flexibility index (Phi) is 4.57. The lowest BCUT2D eigenvalue weighted by Crippen LogP contribution is -2.32. The lowest BCUT2D eigenvalue weighted by molar-refractivity contribution is -0.137. The third-order valence-electron chi connectivity index (χ3n) is 4.56. The maximum absolute atomic E-state index is 12.6. The number of hydrogen-bond acceptors (Lipinski definition) is 3. The van der Waals surface area contributed by atoms with Crippen LogP contribution in [-0.4, -0.2) is 20.4 Å². The number of carbonyl (C=O) groups excluding carboxylic acids is 1. The fourth-order valence-electron chi connectivity index (χ4n) is 3.07. The van der Waals surface area contributed by atoms with Crippen LogP contribution in [0.3, 0.4) is 0 Å². The van der Waals surface area contributed by atoms with Gasteiger partial charge < -0.3 is 10.3 Å². The topological polar surface area (TPSA) is 79.8 Å². The summed E-state index contributed by atoms with van der Waals surface area (Å²) in [4.78, 5) is 32.1. The Morgan fingerprint density at radius 2 is 1.83 bits per heavy atom. The number of halogens is 3. The molecule has 2 aromatic heterocycles. The Bertz CT molecular complexity index is 1260. The van der Waals surface area contributed by atoms with E-state index in [-0.39, 0.29) is 18.6 Å². The summed E-state index contributed by atoms with van der Waals surface area (Å²) in [6.07, 6.45) is -3.10. The number of amides is 1. The fraction of sp³-hybridized carbons (Fsp3) is 0.150. The Labute approximate surface area is 162 Å². The zero-order chi connectivity index (χ0) is 20.6. The van der Waals surface area contributed by atoms with E-state index in [0.717, 1.165) is 23.0 Å². The smallest absolute Gasteiger partial charge is 0.350 e. The van der Waals surface area contributed by atoms with E-state index in [2.05, 4.69) is 15.3 Å². The molecule has 4 rings (SSSR count). The summed E-state index contributed by atoms with van der Waals surface area (Å²) in [6, 6.07) is 11.9. The van der Waals surface area contributed by atoms with E-state index in [1.54, 1.807) is 0 Å². The van der Waals surface area contributed by atoms with Gasteiger partial charge in [0, 0.05) is 17.4 Å². The minimum Gasteiger partial charge on any atom is -0.350 e. The van der Waals surface area contributed by atoms with Crippen LogP contribution < -0.4 is 10.9 Å². The average molecular weight is 400 g/mol. The molecule has 1 amide bonds. The van der Waals surface area contributed by atoms with Crippen molar-refractivity contribution in [3.8, 4) is 0 Å². The van der Waals surface area contributed by atoms with E-state index in [4.69, 9.17) is 0 Å². The Balaban J connectivity index is 1.47. The first kappa shape index (κ1) is 18.7. The highest BCUT2D eigenvalue weighted by Gasteiger charge is 2.29. The van der Waals surface area contributed by atoms with Crippen LogP contribution in [0.1, 0.15) is 11.1 Å². The van der Waals surface area contributed by atoms with Gasteiger partial charge in [0.2, 0.25) is 5.91 Å². The largest absolute Gasteiger partial charge is 0.416 e. The number of nitrogens with zero attached hydrogens (tertiary/aromatic N) is 2. The van der Waals surface area contributed by atoms with Gasteiger partial charge in [-0.2, -0.15) is 13.2 Å². The van der Waals surface area contributed by atoms with E-state index in [1.807, 2.05) is 24.3 Å². The van der Waals surface area contributed by atoms with Gasteiger partial charge in [-0.25, -0.2) is 4.98 Å².